The molecule has 3 N–H and O–H groups in total. The Kier molecular flexibility index (Phi) is 4.21. The minimum Gasteiger partial charge on any atom is -0.397 e. The first kappa shape index (κ1) is 14.0. The van der Waals surface area contributed by atoms with Crippen molar-refractivity contribution in [3.63, 3.8) is 0 Å². The highest BCUT2D eigenvalue weighted by Gasteiger charge is 2.12. The van der Waals surface area contributed by atoms with Gasteiger partial charge in [0.25, 0.3) is 5.91 Å². The molecule has 0 aliphatic heterocycles. The van der Waals surface area contributed by atoms with Crippen LogP contribution in [-0.2, 0) is 0 Å². The minimum absolute atomic E-state index is 0.247. The Hall–Kier alpha value is -1.40. The molecule has 1 amide bonds. The van der Waals surface area contributed by atoms with Crippen molar-refractivity contribution in [1.82, 2.24) is 0 Å². The van der Waals surface area contributed by atoms with Crippen molar-refractivity contribution >= 4 is 49.1 Å². The Balaban J connectivity index is 2.30. The van der Waals surface area contributed by atoms with Crippen LogP contribution < -0.4 is 11.1 Å². The van der Waals surface area contributed by atoms with Crippen molar-refractivity contribution in [1.29, 1.82) is 0 Å². The molecule has 0 bridgehead atoms. The van der Waals surface area contributed by atoms with Gasteiger partial charge in [0.15, 0.2) is 0 Å². The molecule has 0 aromatic heterocycles. The van der Waals surface area contributed by atoms with Gasteiger partial charge in [-0.15, -0.1) is 0 Å². The van der Waals surface area contributed by atoms with Crippen molar-refractivity contribution in [2.45, 2.75) is 0 Å². The van der Waals surface area contributed by atoms with Gasteiger partial charge >= 0.3 is 0 Å². The normalized spacial score (nSPS) is 10.3. The second kappa shape index (κ2) is 5.71. The zero-order chi connectivity index (χ0) is 14.0. The van der Waals surface area contributed by atoms with Crippen molar-refractivity contribution < 1.29 is 9.18 Å². The minimum atomic E-state index is -0.460. The van der Waals surface area contributed by atoms with Gasteiger partial charge in [0.05, 0.1) is 16.9 Å². The maximum Gasteiger partial charge on any atom is 0.256 e. The number of nitrogens with two attached hydrogens (primary N) is 1. The molecule has 0 aliphatic carbocycles. The summed E-state index contributed by atoms with van der Waals surface area (Å²) in [7, 11) is 0. The van der Waals surface area contributed by atoms with Gasteiger partial charge in [0, 0.05) is 8.95 Å². The number of amides is 1. The van der Waals surface area contributed by atoms with Crippen LogP contribution in [0.4, 0.5) is 15.8 Å². The van der Waals surface area contributed by atoms with Crippen LogP contribution in [0.2, 0.25) is 0 Å². The number of rotatable bonds is 2. The van der Waals surface area contributed by atoms with Gasteiger partial charge in [-0.05, 0) is 52.3 Å². The summed E-state index contributed by atoms with van der Waals surface area (Å²) in [5, 5.41) is 2.58. The molecule has 0 aliphatic rings. The van der Waals surface area contributed by atoms with E-state index in [0.29, 0.717) is 15.7 Å². The molecule has 2 aromatic rings. The summed E-state index contributed by atoms with van der Waals surface area (Å²) in [6, 6.07) is 9.03. The van der Waals surface area contributed by atoms with Crippen LogP contribution in [0.15, 0.2) is 45.3 Å². The third kappa shape index (κ3) is 3.33. The van der Waals surface area contributed by atoms with Crippen LogP contribution in [0.1, 0.15) is 10.4 Å². The summed E-state index contributed by atoms with van der Waals surface area (Å²) in [6.45, 7) is 0. The lowest BCUT2D eigenvalue weighted by Gasteiger charge is -2.09. The number of carbonyl (C=O) groups excluding carboxylic acids is 1. The molecule has 0 fully saturated rings. The Morgan fingerprint density at radius 1 is 1.16 bits per heavy atom. The zero-order valence-electron chi connectivity index (χ0n) is 9.58. The molecule has 0 spiro atoms. The third-order valence-electron chi connectivity index (χ3n) is 2.44. The molecule has 0 atom stereocenters. The van der Waals surface area contributed by atoms with E-state index in [9.17, 15) is 9.18 Å². The van der Waals surface area contributed by atoms with Crippen LogP contribution in [0, 0.1) is 5.82 Å². The van der Waals surface area contributed by atoms with E-state index >= 15 is 0 Å². The first-order valence-corrected chi connectivity index (χ1v) is 6.87. The Bertz CT molecular complexity index is 647. The second-order valence-corrected chi connectivity index (χ2v) is 5.58. The molecule has 0 unspecified atom stereocenters. The number of anilines is 2. The van der Waals surface area contributed by atoms with E-state index in [1.165, 1.54) is 18.2 Å². The third-order valence-corrected chi connectivity index (χ3v) is 3.62. The van der Waals surface area contributed by atoms with Crippen molar-refractivity contribution in [3.8, 4) is 0 Å². The largest absolute Gasteiger partial charge is 0.397 e. The quantitative estimate of drug-likeness (QED) is 0.759. The van der Waals surface area contributed by atoms with Crippen LogP contribution in [-0.4, -0.2) is 5.91 Å². The first-order chi connectivity index (χ1) is 8.97. The molecule has 0 saturated carbocycles. The highest BCUT2D eigenvalue weighted by Crippen LogP contribution is 2.24. The Morgan fingerprint density at radius 3 is 2.63 bits per heavy atom. The molecular weight excluding hydrogens is 379 g/mol. The fourth-order valence-corrected chi connectivity index (χ4v) is 2.29. The number of nitrogens with one attached hydrogen (secondary N) is 1. The van der Waals surface area contributed by atoms with Crippen molar-refractivity contribution in [2.24, 2.45) is 0 Å². The Morgan fingerprint density at radius 2 is 1.89 bits per heavy atom. The summed E-state index contributed by atoms with van der Waals surface area (Å²) >= 11 is 6.58. The first-order valence-electron chi connectivity index (χ1n) is 5.29. The smallest absolute Gasteiger partial charge is 0.256 e. The predicted octanol–water partition coefficient (Wildman–Crippen LogP) is 4.19. The maximum absolute atomic E-state index is 13.1. The van der Waals surface area contributed by atoms with E-state index in [-0.39, 0.29) is 11.6 Å². The molecule has 6 heteroatoms. The highest BCUT2D eigenvalue weighted by atomic mass is 79.9. The standard InChI is InChI=1S/C13H9Br2FN2O/c14-7-1-3-10(15)9(5-7)13(19)18-12-6-8(16)2-4-11(12)17/h1-6H,17H2,(H,18,19). The summed E-state index contributed by atoms with van der Waals surface area (Å²) in [5.41, 5.74) is 6.66. The van der Waals surface area contributed by atoms with E-state index < -0.39 is 5.82 Å². The number of hydrogen-bond acceptors (Lipinski definition) is 2. The lowest BCUT2D eigenvalue weighted by molar-refractivity contribution is 0.102. The number of benzene rings is 2. The molecule has 2 aromatic carbocycles. The molecule has 19 heavy (non-hydrogen) atoms. The van der Waals surface area contributed by atoms with Gasteiger partial charge in [-0.2, -0.15) is 0 Å². The van der Waals surface area contributed by atoms with Gasteiger partial charge in [0.2, 0.25) is 0 Å². The fraction of sp³-hybridized carbons (Fsp3) is 0. The van der Waals surface area contributed by atoms with E-state index in [1.807, 2.05) is 0 Å². The summed E-state index contributed by atoms with van der Waals surface area (Å²) < 4.78 is 14.5. The van der Waals surface area contributed by atoms with E-state index in [1.54, 1.807) is 18.2 Å². The van der Waals surface area contributed by atoms with Crippen molar-refractivity contribution in [2.75, 3.05) is 11.1 Å². The topological polar surface area (TPSA) is 55.1 Å². The molecule has 0 heterocycles. The van der Waals surface area contributed by atoms with Gasteiger partial charge in [-0.3, -0.25) is 4.79 Å². The molecule has 0 saturated heterocycles. The van der Waals surface area contributed by atoms with Gasteiger partial charge < -0.3 is 11.1 Å². The Labute approximate surface area is 126 Å². The van der Waals surface area contributed by atoms with Gasteiger partial charge in [-0.1, -0.05) is 15.9 Å². The van der Waals surface area contributed by atoms with Gasteiger partial charge in [-0.25, -0.2) is 4.39 Å². The highest BCUT2D eigenvalue weighted by molar-refractivity contribution is 9.11. The molecule has 3 nitrogen and oxygen atoms in total. The average Bonchev–Trinajstić information content (AvgIpc) is 2.36. The van der Waals surface area contributed by atoms with Crippen LogP contribution in [0.3, 0.4) is 0 Å². The van der Waals surface area contributed by atoms with E-state index in [4.69, 9.17) is 5.73 Å². The zero-order valence-corrected chi connectivity index (χ0v) is 12.8. The number of halogens is 3. The number of hydrogen-bond donors (Lipinski definition) is 2. The molecule has 0 radical (unpaired) electrons. The molecule has 98 valence electrons. The summed E-state index contributed by atoms with van der Waals surface area (Å²) in [5.74, 6) is -0.830. The number of nitrogen functional groups attached to an aromatic ring is 1. The number of carbonyl (C=O) groups is 1. The van der Waals surface area contributed by atoms with Crippen LogP contribution in [0.25, 0.3) is 0 Å². The van der Waals surface area contributed by atoms with Crippen LogP contribution in [0.5, 0.6) is 0 Å². The second-order valence-electron chi connectivity index (χ2n) is 3.81. The maximum atomic E-state index is 13.1. The lowest BCUT2D eigenvalue weighted by Crippen LogP contribution is -2.14. The van der Waals surface area contributed by atoms with E-state index in [0.717, 1.165) is 4.47 Å². The fourth-order valence-electron chi connectivity index (χ4n) is 1.50. The lowest BCUT2D eigenvalue weighted by atomic mass is 10.2. The molecular formula is C13H9Br2FN2O. The monoisotopic (exact) mass is 386 g/mol. The summed E-state index contributed by atoms with van der Waals surface area (Å²) in [6.07, 6.45) is 0. The summed E-state index contributed by atoms with van der Waals surface area (Å²) in [4.78, 5) is 12.1. The van der Waals surface area contributed by atoms with Crippen LogP contribution >= 0.6 is 31.9 Å². The SMILES string of the molecule is Nc1ccc(F)cc1NC(=O)c1cc(Br)ccc1Br. The van der Waals surface area contributed by atoms with Crippen molar-refractivity contribution in [3.05, 3.63) is 56.7 Å². The predicted molar refractivity (Wildman–Crippen MR) is 80.6 cm³/mol. The van der Waals surface area contributed by atoms with E-state index in [2.05, 4.69) is 37.2 Å². The van der Waals surface area contributed by atoms with Gasteiger partial charge in [0.1, 0.15) is 5.82 Å². The average molecular weight is 388 g/mol. The molecule has 2 rings (SSSR count).